The molecule has 0 spiro atoms. The summed E-state index contributed by atoms with van der Waals surface area (Å²) < 4.78 is 0. The number of carbonyl (C=O) groups is 2. The third-order valence-electron chi connectivity index (χ3n) is 5.29. The van der Waals surface area contributed by atoms with Gasteiger partial charge in [-0.1, -0.05) is 83.9 Å². The molecule has 3 rings (SSSR count). The molecule has 166 valence electrons. The normalized spacial score (nSPS) is 10.6. The summed E-state index contributed by atoms with van der Waals surface area (Å²) in [4.78, 5) is 30.4. The van der Waals surface area contributed by atoms with Gasteiger partial charge in [-0.3, -0.25) is 9.59 Å². The third kappa shape index (κ3) is 5.70. The van der Waals surface area contributed by atoms with Gasteiger partial charge in [-0.15, -0.1) is 0 Å². The van der Waals surface area contributed by atoms with Gasteiger partial charge in [0.25, 0.3) is 11.8 Å². The number of benzene rings is 3. The number of hydrogen-bond donors (Lipinski definition) is 0. The number of hydrogen-bond acceptors (Lipinski definition) is 2. The van der Waals surface area contributed by atoms with Crippen LogP contribution >= 0.6 is 23.2 Å². The maximum atomic E-state index is 13.5. The van der Waals surface area contributed by atoms with E-state index in [1.54, 1.807) is 9.80 Å². The van der Waals surface area contributed by atoms with Crippen LogP contribution in [-0.2, 0) is 13.1 Å². The molecule has 0 atom stereocenters. The first-order valence-electron chi connectivity index (χ1n) is 10.6. The minimum Gasteiger partial charge on any atom is -0.335 e. The SMILES string of the molecule is CCN(Cc1ccccc1)C(=O)c1cc(Cl)c(Cl)cc1C(=O)N(CC)Cc1ccccc1. The first-order valence-corrected chi connectivity index (χ1v) is 11.4. The van der Waals surface area contributed by atoms with Gasteiger partial charge in [0, 0.05) is 26.2 Å². The van der Waals surface area contributed by atoms with Crippen LogP contribution < -0.4 is 0 Å². The zero-order valence-electron chi connectivity index (χ0n) is 18.2. The summed E-state index contributed by atoms with van der Waals surface area (Å²) in [5.41, 5.74) is 2.53. The zero-order valence-corrected chi connectivity index (χ0v) is 19.7. The van der Waals surface area contributed by atoms with Gasteiger partial charge in [0.05, 0.1) is 21.2 Å². The molecule has 6 heteroatoms. The summed E-state index contributed by atoms with van der Waals surface area (Å²) in [6, 6.07) is 22.5. The topological polar surface area (TPSA) is 40.6 Å². The Hall–Kier alpha value is -2.82. The lowest BCUT2D eigenvalue weighted by atomic mass is 10.0. The van der Waals surface area contributed by atoms with Gasteiger partial charge in [0.2, 0.25) is 0 Å². The van der Waals surface area contributed by atoms with Crippen molar-refractivity contribution < 1.29 is 9.59 Å². The van der Waals surface area contributed by atoms with Crippen molar-refractivity contribution in [3.8, 4) is 0 Å². The van der Waals surface area contributed by atoms with Crippen molar-refractivity contribution in [3.05, 3.63) is 105 Å². The summed E-state index contributed by atoms with van der Waals surface area (Å²) in [5.74, 6) is -0.511. The minimum atomic E-state index is -0.256. The van der Waals surface area contributed by atoms with E-state index in [1.807, 2.05) is 74.5 Å². The van der Waals surface area contributed by atoms with Crippen molar-refractivity contribution in [1.29, 1.82) is 0 Å². The van der Waals surface area contributed by atoms with Crippen molar-refractivity contribution in [2.45, 2.75) is 26.9 Å². The number of halogens is 2. The van der Waals surface area contributed by atoms with Crippen LogP contribution in [0.1, 0.15) is 45.7 Å². The molecule has 0 unspecified atom stereocenters. The van der Waals surface area contributed by atoms with E-state index in [-0.39, 0.29) is 33.0 Å². The predicted octanol–water partition coefficient (Wildman–Crippen LogP) is 6.32. The maximum absolute atomic E-state index is 13.5. The lowest BCUT2D eigenvalue weighted by molar-refractivity contribution is 0.0713. The molecule has 0 aliphatic heterocycles. The number of carbonyl (C=O) groups excluding carboxylic acids is 2. The Balaban J connectivity index is 1.94. The molecule has 0 aromatic heterocycles. The fourth-order valence-electron chi connectivity index (χ4n) is 3.50. The molecule has 2 amide bonds. The van der Waals surface area contributed by atoms with Crippen LogP contribution in [0.5, 0.6) is 0 Å². The second-order valence-electron chi connectivity index (χ2n) is 7.42. The lowest BCUT2D eigenvalue weighted by Gasteiger charge is -2.25. The monoisotopic (exact) mass is 468 g/mol. The zero-order chi connectivity index (χ0) is 23.1. The fourth-order valence-corrected chi connectivity index (χ4v) is 3.83. The van der Waals surface area contributed by atoms with Gasteiger partial charge in [-0.2, -0.15) is 0 Å². The molecule has 0 aliphatic carbocycles. The molecule has 0 heterocycles. The highest BCUT2D eigenvalue weighted by molar-refractivity contribution is 6.42. The lowest BCUT2D eigenvalue weighted by Crippen LogP contribution is -2.35. The van der Waals surface area contributed by atoms with E-state index >= 15 is 0 Å². The summed E-state index contributed by atoms with van der Waals surface area (Å²) in [7, 11) is 0. The van der Waals surface area contributed by atoms with E-state index in [1.165, 1.54) is 12.1 Å². The molecule has 0 bridgehead atoms. The smallest absolute Gasteiger partial charge is 0.255 e. The number of amides is 2. The van der Waals surface area contributed by atoms with Gasteiger partial charge >= 0.3 is 0 Å². The molecule has 4 nitrogen and oxygen atoms in total. The molecule has 0 radical (unpaired) electrons. The van der Waals surface area contributed by atoms with Gasteiger partial charge in [-0.05, 0) is 37.1 Å². The molecular formula is C26H26Cl2N2O2. The van der Waals surface area contributed by atoms with E-state index in [4.69, 9.17) is 23.2 Å². The van der Waals surface area contributed by atoms with Crippen LogP contribution in [0, 0.1) is 0 Å². The molecule has 0 aliphatic rings. The molecule has 0 saturated heterocycles. The largest absolute Gasteiger partial charge is 0.335 e. The molecular weight excluding hydrogens is 443 g/mol. The van der Waals surface area contributed by atoms with Crippen LogP contribution in [0.4, 0.5) is 0 Å². The highest BCUT2D eigenvalue weighted by Crippen LogP contribution is 2.28. The second kappa shape index (κ2) is 11.2. The maximum Gasteiger partial charge on any atom is 0.255 e. The van der Waals surface area contributed by atoms with E-state index in [9.17, 15) is 9.59 Å². The quantitative estimate of drug-likeness (QED) is 0.388. The molecule has 0 saturated carbocycles. The minimum absolute atomic E-state index is 0.244. The van der Waals surface area contributed by atoms with E-state index in [0.29, 0.717) is 26.2 Å². The predicted molar refractivity (Wildman–Crippen MR) is 130 cm³/mol. The van der Waals surface area contributed by atoms with Crippen molar-refractivity contribution in [2.24, 2.45) is 0 Å². The molecule has 3 aromatic rings. The summed E-state index contributed by atoms with van der Waals surface area (Å²) in [6.45, 7) is 5.67. The van der Waals surface area contributed by atoms with E-state index in [2.05, 4.69) is 0 Å². The standard InChI is InChI=1S/C26H26Cl2N2O2/c1-3-29(17-19-11-7-5-8-12-19)25(31)21-15-23(27)24(28)16-22(21)26(32)30(4-2)18-20-13-9-6-10-14-20/h5-16H,3-4,17-18H2,1-2H3. The van der Waals surface area contributed by atoms with Crippen LogP contribution in [0.25, 0.3) is 0 Å². The Labute approximate surface area is 199 Å². The highest BCUT2D eigenvalue weighted by Gasteiger charge is 2.26. The Morgan fingerprint density at radius 1 is 0.656 bits per heavy atom. The Morgan fingerprint density at radius 2 is 1.00 bits per heavy atom. The molecule has 0 N–H and O–H groups in total. The van der Waals surface area contributed by atoms with Crippen LogP contribution in [0.3, 0.4) is 0 Å². The van der Waals surface area contributed by atoms with Crippen molar-refractivity contribution in [1.82, 2.24) is 9.80 Å². The average molecular weight is 469 g/mol. The summed E-state index contributed by atoms with van der Waals surface area (Å²) in [5, 5.41) is 0.488. The first kappa shape index (κ1) is 23.8. The Morgan fingerprint density at radius 3 is 1.31 bits per heavy atom. The molecule has 0 fully saturated rings. The molecule has 3 aromatic carbocycles. The Kier molecular flexibility index (Phi) is 8.32. The van der Waals surface area contributed by atoms with Crippen molar-refractivity contribution in [2.75, 3.05) is 13.1 Å². The van der Waals surface area contributed by atoms with Gasteiger partial charge in [0.1, 0.15) is 0 Å². The van der Waals surface area contributed by atoms with Crippen LogP contribution in [0.2, 0.25) is 10.0 Å². The van der Waals surface area contributed by atoms with Gasteiger partial charge in [0.15, 0.2) is 0 Å². The van der Waals surface area contributed by atoms with Crippen molar-refractivity contribution >= 4 is 35.0 Å². The highest BCUT2D eigenvalue weighted by atomic mass is 35.5. The van der Waals surface area contributed by atoms with Gasteiger partial charge < -0.3 is 9.80 Å². The summed E-state index contributed by atoms with van der Waals surface area (Å²) in [6.07, 6.45) is 0. The van der Waals surface area contributed by atoms with E-state index < -0.39 is 0 Å². The van der Waals surface area contributed by atoms with E-state index in [0.717, 1.165) is 11.1 Å². The second-order valence-corrected chi connectivity index (χ2v) is 8.24. The van der Waals surface area contributed by atoms with Crippen molar-refractivity contribution in [3.63, 3.8) is 0 Å². The van der Waals surface area contributed by atoms with Crippen LogP contribution in [-0.4, -0.2) is 34.7 Å². The average Bonchev–Trinajstić information content (AvgIpc) is 2.83. The third-order valence-corrected chi connectivity index (χ3v) is 6.01. The van der Waals surface area contributed by atoms with Crippen LogP contribution in [0.15, 0.2) is 72.8 Å². The molecule has 32 heavy (non-hydrogen) atoms. The Bertz CT molecular complexity index is 985. The number of nitrogens with zero attached hydrogens (tertiary/aromatic N) is 2. The number of rotatable bonds is 8. The van der Waals surface area contributed by atoms with Gasteiger partial charge in [-0.25, -0.2) is 0 Å². The fraction of sp³-hybridized carbons (Fsp3) is 0.231. The summed E-state index contributed by atoms with van der Waals surface area (Å²) >= 11 is 12.5. The first-order chi connectivity index (χ1) is 15.4.